The molecule has 0 aromatic heterocycles. The van der Waals surface area contributed by atoms with E-state index in [9.17, 15) is 0 Å². The molecular formula is C16H23NO. The Labute approximate surface area is 110 Å². The summed E-state index contributed by atoms with van der Waals surface area (Å²) in [5.74, 6) is 2.56. The van der Waals surface area contributed by atoms with Gasteiger partial charge in [0, 0.05) is 18.0 Å². The number of hydrogen-bond acceptors (Lipinski definition) is 2. The van der Waals surface area contributed by atoms with Crippen molar-refractivity contribution in [3.8, 4) is 5.75 Å². The molecule has 18 heavy (non-hydrogen) atoms. The first-order valence-corrected chi connectivity index (χ1v) is 7.13. The van der Waals surface area contributed by atoms with Crippen LogP contribution in [0.4, 0.5) is 0 Å². The van der Waals surface area contributed by atoms with E-state index in [0.29, 0.717) is 0 Å². The predicted molar refractivity (Wildman–Crippen MR) is 73.5 cm³/mol. The molecule has 98 valence electrons. The van der Waals surface area contributed by atoms with Crippen LogP contribution in [0, 0.1) is 11.8 Å². The summed E-state index contributed by atoms with van der Waals surface area (Å²) < 4.78 is 6.37. The van der Waals surface area contributed by atoms with Gasteiger partial charge in [-0.05, 0) is 37.2 Å². The van der Waals surface area contributed by atoms with Gasteiger partial charge >= 0.3 is 0 Å². The summed E-state index contributed by atoms with van der Waals surface area (Å²) in [6.45, 7) is 4.70. The maximum absolute atomic E-state index is 6.37. The Morgan fingerprint density at radius 1 is 1.17 bits per heavy atom. The van der Waals surface area contributed by atoms with Crippen LogP contribution in [0.2, 0.25) is 0 Å². The Morgan fingerprint density at radius 2 is 1.94 bits per heavy atom. The van der Waals surface area contributed by atoms with E-state index in [0.717, 1.165) is 36.8 Å². The average molecular weight is 245 g/mol. The summed E-state index contributed by atoms with van der Waals surface area (Å²) >= 11 is 0. The van der Waals surface area contributed by atoms with E-state index in [2.05, 4.69) is 26.0 Å². The third kappa shape index (κ3) is 1.93. The molecule has 1 saturated carbocycles. The van der Waals surface area contributed by atoms with Crippen LogP contribution >= 0.6 is 0 Å². The number of hydrogen-bond donors (Lipinski definition) is 1. The van der Waals surface area contributed by atoms with Crippen molar-refractivity contribution in [3.05, 3.63) is 29.8 Å². The Balaban J connectivity index is 1.89. The highest BCUT2D eigenvalue weighted by Crippen LogP contribution is 2.47. The fraction of sp³-hybridized carbons (Fsp3) is 0.625. The summed E-state index contributed by atoms with van der Waals surface area (Å²) in [5, 5.41) is 0. The van der Waals surface area contributed by atoms with Gasteiger partial charge in [-0.3, -0.25) is 0 Å². The molecule has 4 atom stereocenters. The number of rotatable bonds is 0. The Hall–Kier alpha value is -1.02. The zero-order valence-corrected chi connectivity index (χ0v) is 11.4. The molecule has 2 N–H and O–H groups in total. The molecule has 1 aliphatic carbocycles. The number of nitrogens with two attached hydrogens (primary N) is 1. The van der Waals surface area contributed by atoms with Gasteiger partial charge in [0.05, 0.1) is 0 Å². The second kappa shape index (κ2) is 4.27. The number of ether oxygens (including phenoxy) is 1. The summed E-state index contributed by atoms with van der Waals surface area (Å²) in [6.07, 6.45) is 4.54. The standard InChI is InChI=1S/C16H23NO/c1-11-7-8-16(9-12(11)2)10-14(17)13-5-3-4-6-15(13)18-16/h3-6,11-12,14H,7-10,17H2,1-2H3/t11?,12?,14-,16?/m0/s1. The average Bonchev–Trinajstić information content (AvgIpc) is 2.35. The Bertz CT molecular complexity index is 444. The molecule has 2 nitrogen and oxygen atoms in total. The quantitative estimate of drug-likeness (QED) is 0.757. The lowest BCUT2D eigenvalue weighted by Gasteiger charge is -2.47. The monoisotopic (exact) mass is 245 g/mol. The van der Waals surface area contributed by atoms with E-state index in [-0.39, 0.29) is 11.6 Å². The Kier molecular flexibility index (Phi) is 2.86. The van der Waals surface area contributed by atoms with Crippen molar-refractivity contribution >= 4 is 0 Å². The third-order valence-corrected chi connectivity index (χ3v) is 4.96. The van der Waals surface area contributed by atoms with Crippen LogP contribution in [0.3, 0.4) is 0 Å². The third-order valence-electron chi connectivity index (χ3n) is 4.96. The largest absolute Gasteiger partial charge is 0.487 e. The molecule has 0 saturated heterocycles. The SMILES string of the molecule is CC1CCC2(CC1C)C[C@H](N)c1ccccc1O2. The van der Waals surface area contributed by atoms with Crippen molar-refractivity contribution in [2.45, 2.75) is 51.2 Å². The molecule has 3 unspecified atom stereocenters. The van der Waals surface area contributed by atoms with Crippen molar-refractivity contribution in [1.82, 2.24) is 0 Å². The summed E-state index contributed by atoms with van der Waals surface area (Å²) in [4.78, 5) is 0. The van der Waals surface area contributed by atoms with Crippen LogP contribution in [-0.4, -0.2) is 5.60 Å². The number of fused-ring (bicyclic) bond motifs is 1. The van der Waals surface area contributed by atoms with E-state index < -0.39 is 0 Å². The van der Waals surface area contributed by atoms with Gasteiger partial charge in [0.2, 0.25) is 0 Å². The second-order valence-corrected chi connectivity index (χ2v) is 6.33. The minimum absolute atomic E-state index is 0.000301. The normalized spacial score (nSPS) is 39.2. The van der Waals surface area contributed by atoms with E-state index in [1.165, 1.54) is 12.0 Å². The van der Waals surface area contributed by atoms with Crippen molar-refractivity contribution in [2.24, 2.45) is 17.6 Å². The Morgan fingerprint density at radius 3 is 2.72 bits per heavy atom. The minimum atomic E-state index is -0.000301. The van der Waals surface area contributed by atoms with Gasteiger partial charge < -0.3 is 10.5 Å². The van der Waals surface area contributed by atoms with Gasteiger partial charge in [-0.25, -0.2) is 0 Å². The zero-order chi connectivity index (χ0) is 12.8. The van der Waals surface area contributed by atoms with E-state index >= 15 is 0 Å². The highest BCUT2D eigenvalue weighted by atomic mass is 16.5. The highest BCUT2D eigenvalue weighted by Gasteiger charge is 2.44. The van der Waals surface area contributed by atoms with Crippen LogP contribution in [0.15, 0.2) is 24.3 Å². The lowest BCUT2D eigenvalue weighted by Crippen LogP contribution is -2.47. The van der Waals surface area contributed by atoms with Crippen molar-refractivity contribution < 1.29 is 4.74 Å². The number of benzene rings is 1. The molecule has 1 aromatic carbocycles. The van der Waals surface area contributed by atoms with Gasteiger partial charge in [-0.15, -0.1) is 0 Å². The van der Waals surface area contributed by atoms with E-state index in [4.69, 9.17) is 10.5 Å². The molecule has 0 radical (unpaired) electrons. The van der Waals surface area contributed by atoms with Crippen molar-refractivity contribution in [1.29, 1.82) is 0 Å². The molecule has 1 heterocycles. The lowest BCUT2D eigenvalue weighted by atomic mass is 9.69. The van der Waals surface area contributed by atoms with Crippen LogP contribution in [-0.2, 0) is 0 Å². The first-order chi connectivity index (χ1) is 8.60. The number of para-hydroxylation sites is 1. The van der Waals surface area contributed by atoms with Crippen LogP contribution in [0.25, 0.3) is 0 Å². The first-order valence-electron chi connectivity index (χ1n) is 7.13. The second-order valence-electron chi connectivity index (χ2n) is 6.33. The minimum Gasteiger partial charge on any atom is -0.487 e. The molecule has 1 aliphatic heterocycles. The molecule has 2 heteroatoms. The van der Waals surface area contributed by atoms with Gasteiger partial charge in [-0.2, -0.15) is 0 Å². The first kappa shape index (κ1) is 12.0. The molecular weight excluding hydrogens is 222 g/mol. The van der Waals surface area contributed by atoms with E-state index in [1.54, 1.807) is 0 Å². The van der Waals surface area contributed by atoms with E-state index in [1.807, 2.05) is 12.1 Å². The van der Waals surface area contributed by atoms with Gasteiger partial charge in [0.25, 0.3) is 0 Å². The predicted octanol–water partition coefficient (Wildman–Crippen LogP) is 3.66. The van der Waals surface area contributed by atoms with Crippen LogP contribution in [0.5, 0.6) is 5.75 Å². The smallest absolute Gasteiger partial charge is 0.124 e. The summed E-state index contributed by atoms with van der Waals surface area (Å²) in [5.41, 5.74) is 7.53. The fourth-order valence-corrected chi connectivity index (χ4v) is 3.61. The molecule has 2 aliphatic rings. The lowest BCUT2D eigenvalue weighted by molar-refractivity contribution is -0.0287. The summed E-state index contributed by atoms with van der Waals surface area (Å²) in [7, 11) is 0. The van der Waals surface area contributed by atoms with Crippen LogP contribution < -0.4 is 10.5 Å². The van der Waals surface area contributed by atoms with Gasteiger partial charge in [0.1, 0.15) is 11.4 Å². The molecule has 1 fully saturated rings. The maximum Gasteiger partial charge on any atom is 0.124 e. The topological polar surface area (TPSA) is 35.2 Å². The molecule has 0 amide bonds. The molecule has 1 aromatic rings. The fourth-order valence-electron chi connectivity index (χ4n) is 3.61. The summed E-state index contributed by atoms with van der Waals surface area (Å²) in [6, 6.07) is 8.39. The maximum atomic E-state index is 6.37. The van der Waals surface area contributed by atoms with Crippen LogP contribution in [0.1, 0.15) is 51.1 Å². The van der Waals surface area contributed by atoms with Gasteiger partial charge in [0.15, 0.2) is 0 Å². The van der Waals surface area contributed by atoms with Gasteiger partial charge in [-0.1, -0.05) is 32.0 Å². The molecule has 1 spiro atoms. The highest BCUT2D eigenvalue weighted by molar-refractivity contribution is 5.38. The molecule has 3 rings (SSSR count). The zero-order valence-electron chi connectivity index (χ0n) is 11.4. The van der Waals surface area contributed by atoms with Crippen molar-refractivity contribution in [3.63, 3.8) is 0 Å². The van der Waals surface area contributed by atoms with Crippen molar-refractivity contribution in [2.75, 3.05) is 0 Å². The molecule has 0 bridgehead atoms.